The lowest BCUT2D eigenvalue weighted by Crippen LogP contribution is -2.64. The van der Waals surface area contributed by atoms with Crippen molar-refractivity contribution in [1.82, 2.24) is 0 Å². The second kappa shape index (κ2) is 13.4. The maximum absolute atomic E-state index is 12.8. The van der Waals surface area contributed by atoms with Crippen LogP contribution < -0.4 is 9.47 Å². The number of ether oxygens (including phenoxy) is 5. The van der Waals surface area contributed by atoms with E-state index in [4.69, 9.17) is 23.7 Å². The summed E-state index contributed by atoms with van der Waals surface area (Å²) in [6.07, 6.45) is -13.3. The third-order valence-corrected chi connectivity index (χ3v) is 7.12. The van der Waals surface area contributed by atoms with E-state index in [1.165, 1.54) is 32.2 Å². The van der Waals surface area contributed by atoms with Crippen molar-refractivity contribution in [2.75, 3.05) is 13.7 Å². The van der Waals surface area contributed by atoms with Gasteiger partial charge in [-0.15, -0.1) is 0 Å². The van der Waals surface area contributed by atoms with Crippen molar-refractivity contribution in [1.29, 1.82) is 0 Å². The first kappa shape index (κ1) is 32.4. The van der Waals surface area contributed by atoms with Gasteiger partial charge in [-0.1, -0.05) is 12.1 Å². The molecule has 0 spiro atoms. The van der Waals surface area contributed by atoms with Crippen LogP contribution in [0.4, 0.5) is 0 Å². The van der Waals surface area contributed by atoms with E-state index in [1.807, 2.05) is 0 Å². The highest BCUT2D eigenvalue weighted by Gasteiger charge is 2.51. The van der Waals surface area contributed by atoms with E-state index in [1.54, 1.807) is 6.07 Å². The van der Waals surface area contributed by atoms with Crippen molar-refractivity contribution in [3.05, 3.63) is 47.5 Å². The van der Waals surface area contributed by atoms with Crippen LogP contribution >= 0.6 is 0 Å². The topological polar surface area (TPSA) is 245 Å². The molecule has 2 saturated heterocycles. The number of hydrogen-bond donors (Lipinski definition) is 9. The molecule has 0 saturated carbocycles. The molecule has 15 heteroatoms. The van der Waals surface area contributed by atoms with Crippen molar-refractivity contribution in [3.63, 3.8) is 0 Å². The van der Waals surface area contributed by atoms with Gasteiger partial charge in [0, 0.05) is 12.1 Å². The molecule has 2 aromatic rings. The summed E-state index contributed by atoms with van der Waals surface area (Å²) >= 11 is 0. The fourth-order valence-electron chi connectivity index (χ4n) is 4.68. The lowest BCUT2D eigenvalue weighted by Gasteiger charge is -2.45. The third kappa shape index (κ3) is 6.85. The molecule has 10 atom stereocenters. The number of carbonyl (C=O) groups is 1. The highest BCUT2D eigenvalue weighted by molar-refractivity contribution is 6.10. The summed E-state index contributed by atoms with van der Waals surface area (Å²) in [4.78, 5) is 12.8. The van der Waals surface area contributed by atoms with Gasteiger partial charge in [0.25, 0.3) is 0 Å². The van der Waals surface area contributed by atoms with Crippen LogP contribution in [0.5, 0.6) is 28.7 Å². The molecule has 0 aliphatic carbocycles. The number of hydrogen-bond acceptors (Lipinski definition) is 15. The number of rotatable bonds is 9. The van der Waals surface area contributed by atoms with Crippen molar-refractivity contribution in [2.45, 2.75) is 68.3 Å². The molecule has 0 unspecified atom stereocenters. The smallest absolute Gasteiger partial charge is 0.229 e. The Hall–Kier alpha value is -3.51. The lowest BCUT2D eigenvalue weighted by molar-refractivity contribution is -0.354. The van der Waals surface area contributed by atoms with Crippen LogP contribution in [0.15, 0.2) is 36.4 Å². The van der Waals surface area contributed by atoms with Gasteiger partial charge >= 0.3 is 0 Å². The Kier molecular flexibility index (Phi) is 10.1. The van der Waals surface area contributed by atoms with Crippen LogP contribution in [-0.2, 0) is 14.2 Å². The average molecular weight is 611 g/mol. The van der Waals surface area contributed by atoms with Crippen molar-refractivity contribution < 1.29 is 74.4 Å². The SMILES string of the molecule is COc1ccc(/C=C/C(=O)c2c(O)cc(O[C@H]3O[C@@H](CO)[C@@H](O)[C@@H](O)[C@H]3O[C@@H]3O[C@@H](C)[C@@H](O)[C@H](O)[C@@H]3O)cc2O)cc1O. The first-order chi connectivity index (χ1) is 20.4. The Balaban J connectivity index is 1.55. The lowest BCUT2D eigenvalue weighted by atomic mass is 9.97. The molecular weight excluding hydrogens is 576 g/mol. The summed E-state index contributed by atoms with van der Waals surface area (Å²) in [7, 11) is 1.38. The molecule has 0 amide bonds. The zero-order valence-corrected chi connectivity index (χ0v) is 23.0. The summed E-state index contributed by atoms with van der Waals surface area (Å²) in [5, 5.41) is 92.2. The minimum atomic E-state index is -1.79. The predicted molar refractivity (Wildman–Crippen MR) is 143 cm³/mol. The highest BCUT2D eigenvalue weighted by atomic mass is 16.8. The van der Waals surface area contributed by atoms with Gasteiger partial charge in [0.05, 0.1) is 19.8 Å². The average Bonchev–Trinajstić information content (AvgIpc) is 2.96. The number of methoxy groups -OCH3 is 1. The van der Waals surface area contributed by atoms with E-state index in [9.17, 15) is 50.8 Å². The van der Waals surface area contributed by atoms with Crippen LogP contribution in [-0.4, -0.2) is 127 Å². The van der Waals surface area contributed by atoms with Gasteiger partial charge in [0.1, 0.15) is 59.4 Å². The van der Waals surface area contributed by atoms with Crippen LogP contribution in [0.2, 0.25) is 0 Å². The number of phenols is 3. The number of benzene rings is 2. The predicted octanol–water partition coefficient (Wildman–Crippen LogP) is -1.26. The summed E-state index contributed by atoms with van der Waals surface area (Å²) in [5.41, 5.74) is -0.0589. The molecular formula is C28H34O15. The summed E-state index contributed by atoms with van der Waals surface area (Å²) in [5.74, 6) is -2.43. The molecule has 2 heterocycles. The molecule has 236 valence electrons. The fraction of sp³-hybridized carbons (Fsp3) is 0.464. The first-order valence-electron chi connectivity index (χ1n) is 13.2. The van der Waals surface area contributed by atoms with Crippen LogP contribution in [0.1, 0.15) is 22.8 Å². The van der Waals surface area contributed by atoms with Crippen molar-refractivity contribution in [2.24, 2.45) is 0 Å². The van der Waals surface area contributed by atoms with Gasteiger partial charge in [0.2, 0.25) is 6.29 Å². The van der Waals surface area contributed by atoms with E-state index < -0.39 is 90.9 Å². The standard InChI is InChI=1S/C28H34O15/c1-11-21(34)23(36)25(38)27(40-11)43-26-24(37)22(35)19(10-29)42-28(26)41-13-8-16(32)20(17(33)9-13)14(30)5-3-12-4-6-18(39-2)15(31)7-12/h3-9,11,19,21-29,31-38H,10H2,1-2H3/b5-3+/t11-,19-,21+,22+,23-,24+,25-,26+,27-,28-/m0/s1. The molecule has 4 rings (SSSR count). The monoisotopic (exact) mass is 610 g/mol. The zero-order chi connectivity index (χ0) is 31.6. The fourth-order valence-corrected chi connectivity index (χ4v) is 4.68. The molecule has 0 aromatic heterocycles. The Labute approximate surface area is 245 Å². The van der Waals surface area contributed by atoms with Gasteiger partial charge in [-0.25, -0.2) is 0 Å². The third-order valence-electron chi connectivity index (χ3n) is 7.12. The van der Waals surface area contributed by atoms with Gasteiger partial charge in [-0.3, -0.25) is 4.79 Å². The molecule has 2 aliphatic heterocycles. The first-order valence-corrected chi connectivity index (χ1v) is 13.2. The maximum Gasteiger partial charge on any atom is 0.229 e. The summed E-state index contributed by atoms with van der Waals surface area (Å²) in [6, 6.07) is 6.30. The molecule has 0 bridgehead atoms. The molecule has 9 N–H and O–H groups in total. The minimum Gasteiger partial charge on any atom is -0.507 e. The summed E-state index contributed by atoms with van der Waals surface area (Å²) < 4.78 is 27.2. The van der Waals surface area contributed by atoms with Gasteiger partial charge in [-0.05, 0) is 30.7 Å². The quantitative estimate of drug-likeness (QED) is 0.119. The minimum absolute atomic E-state index is 0.162. The van der Waals surface area contributed by atoms with E-state index in [0.717, 1.165) is 18.2 Å². The Morgan fingerprint density at radius 2 is 1.53 bits per heavy atom. The second-order valence-electron chi connectivity index (χ2n) is 10.1. The Morgan fingerprint density at radius 1 is 0.860 bits per heavy atom. The normalized spacial score (nSPS) is 32.9. The number of aliphatic hydroxyl groups is 6. The Bertz CT molecular complexity index is 1290. The number of aliphatic hydroxyl groups excluding tert-OH is 6. The number of ketones is 1. The molecule has 2 fully saturated rings. The zero-order valence-electron chi connectivity index (χ0n) is 23.0. The Morgan fingerprint density at radius 3 is 2.14 bits per heavy atom. The number of carbonyl (C=O) groups excluding carboxylic acids is 1. The maximum atomic E-state index is 12.8. The van der Waals surface area contributed by atoms with E-state index >= 15 is 0 Å². The van der Waals surface area contributed by atoms with Crippen LogP contribution in [0.25, 0.3) is 6.08 Å². The molecule has 2 aliphatic rings. The van der Waals surface area contributed by atoms with Crippen molar-refractivity contribution >= 4 is 11.9 Å². The van der Waals surface area contributed by atoms with E-state index in [-0.39, 0.29) is 17.2 Å². The van der Waals surface area contributed by atoms with Crippen molar-refractivity contribution in [3.8, 4) is 28.7 Å². The largest absolute Gasteiger partial charge is 0.507 e. The highest BCUT2D eigenvalue weighted by Crippen LogP contribution is 2.36. The number of phenolic OH excluding ortho intramolecular Hbond substituents is 3. The van der Waals surface area contributed by atoms with Gasteiger partial charge < -0.3 is 69.6 Å². The molecule has 2 aromatic carbocycles. The van der Waals surface area contributed by atoms with Crippen LogP contribution in [0, 0.1) is 0 Å². The van der Waals surface area contributed by atoms with E-state index in [2.05, 4.69) is 0 Å². The van der Waals surface area contributed by atoms with Gasteiger partial charge in [-0.2, -0.15) is 0 Å². The second-order valence-corrected chi connectivity index (χ2v) is 10.1. The van der Waals surface area contributed by atoms with Gasteiger partial charge in [0.15, 0.2) is 29.7 Å². The molecule has 43 heavy (non-hydrogen) atoms. The van der Waals surface area contributed by atoms with Crippen LogP contribution in [0.3, 0.4) is 0 Å². The molecule has 15 nitrogen and oxygen atoms in total. The number of allylic oxidation sites excluding steroid dienone is 1. The summed E-state index contributed by atoms with van der Waals surface area (Å²) in [6.45, 7) is 0.649. The number of aromatic hydroxyl groups is 3. The molecule has 0 radical (unpaired) electrons. The van der Waals surface area contributed by atoms with E-state index in [0.29, 0.717) is 5.56 Å².